The normalized spacial score (nSPS) is 11.5. The van der Waals surface area contributed by atoms with Crippen molar-refractivity contribution in [3.63, 3.8) is 0 Å². The van der Waals surface area contributed by atoms with Gasteiger partial charge in [-0.15, -0.1) is 0 Å². The van der Waals surface area contributed by atoms with Gasteiger partial charge in [-0.25, -0.2) is 13.1 Å². The van der Waals surface area contributed by atoms with Crippen molar-refractivity contribution < 1.29 is 12.9 Å². The van der Waals surface area contributed by atoms with E-state index in [0.717, 1.165) is 0 Å². The third kappa shape index (κ3) is 2.66. The van der Waals surface area contributed by atoms with Crippen LogP contribution in [0.2, 0.25) is 5.02 Å². The van der Waals surface area contributed by atoms with Crippen LogP contribution in [0.4, 0.5) is 11.6 Å². The highest BCUT2D eigenvalue weighted by Crippen LogP contribution is 2.26. The highest BCUT2D eigenvalue weighted by Gasteiger charge is 2.21. The molecule has 0 radical (unpaired) electrons. The lowest BCUT2D eigenvalue weighted by molar-refractivity contribution is 0.430. The lowest BCUT2D eigenvalue weighted by Crippen LogP contribution is -2.15. The van der Waals surface area contributed by atoms with Crippen molar-refractivity contribution in [3.05, 3.63) is 34.5 Å². The highest BCUT2D eigenvalue weighted by atomic mass is 35.5. The van der Waals surface area contributed by atoms with Gasteiger partial charge in [0, 0.05) is 10.6 Å². The molecule has 19 heavy (non-hydrogen) atoms. The van der Waals surface area contributed by atoms with Gasteiger partial charge in [-0.05, 0) is 32.0 Å². The van der Waals surface area contributed by atoms with Crippen molar-refractivity contribution in [2.24, 2.45) is 0 Å². The number of sulfonamides is 1. The number of benzene rings is 1. The minimum Gasteiger partial charge on any atom is -0.398 e. The summed E-state index contributed by atoms with van der Waals surface area (Å²) in [5.74, 6) is 0.0758. The zero-order valence-corrected chi connectivity index (χ0v) is 11.8. The van der Waals surface area contributed by atoms with Crippen LogP contribution in [0.25, 0.3) is 0 Å². The number of hydrogen-bond donors (Lipinski definition) is 2. The SMILES string of the molecule is Cc1noc(NS(=O)(=O)c2ccc(Cl)cc2N)c1C. The largest absolute Gasteiger partial charge is 0.398 e. The number of anilines is 2. The second-order valence-electron chi connectivity index (χ2n) is 4.01. The van der Waals surface area contributed by atoms with Crippen LogP contribution >= 0.6 is 11.6 Å². The summed E-state index contributed by atoms with van der Waals surface area (Å²) in [6, 6.07) is 4.15. The predicted molar refractivity (Wildman–Crippen MR) is 72.6 cm³/mol. The lowest BCUT2D eigenvalue weighted by Gasteiger charge is -2.08. The van der Waals surface area contributed by atoms with Gasteiger partial charge in [0.25, 0.3) is 10.0 Å². The molecule has 0 amide bonds. The van der Waals surface area contributed by atoms with Crippen LogP contribution in [-0.2, 0) is 10.0 Å². The fourth-order valence-corrected chi connectivity index (χ4v) is 2.79. The number of nitrogens with two attached hydrogens (primary N) is 1. The molecule has 0 aliphatic carbocycles. The van der Waals surface area contributed by atoms with Gasteiger partial charge in [-0.2, -0.15) is 0 Å². The van der Waals surface area contributed by atoms with Gasteiger partial charge >= 0.3 is 0 Å². The monoisotopic (exact) mass is 301 g/mol. The van der Waals surface area contributed by atoms with Crippen molar-refractivity contribution in [1.82, 2.24) is 5.16 Å². The first-order chi connectivity index (χ1) is 8.81. The molecule has 0 bridgehead atoms. The van der Waals surface area contributed by atoms with E-state index >= 15 is 0 Å². The van der Waals surface area contributed by atoms with Crippen molar-refractivity contribution >= 4 is 33.2 Å². The summed E-state index contributed by atoms with van der Waals surface area (Å²) in [4.78, 5) is -0.0645. The van der Waals surface area contributed by atoms with Gasteiger partial charge in [0.1, 0.15) is 4.90 Å². The molecule has 0 aliphatic heterocycles. The summed E-state index contributed by atoms with van der Waals surface area (Å²) >= 11 is 5.73. The van der Waals surface area contributed by atoms with E-state index in [1.54, 1.807) is 13.8 Å². The zero-order chi connectivity index (χ0) is 14.2. The van der Waals surface area contributed by atoms with E-state index in [1.807, 2.05) is 0 Å². The Morgan fingerprint density at radius 3 is 2.58 bits per heavy atom. The molecule has 2 aromatic rings. The van der Waals surface area contributed by atoms with E-state index in [1.165, 1.54) is 18.2 Å². The highest BCUT2D eigenvalue weighted by molar-refractivity contribution is 7.92. The second-order valence-corrected chi connectivity index (χ2v) is 6.10. The van der Waals surface area contributed by atoms with Crippen LogP contribution in [0, 0.1) is 13.8 Å². The number of nitrogens with zero attached hydrogens (tertiary/aromatic N) is 1. The lowest BCUT2D eigenvalue weighted by atomic mass is 10.3. The molecule has 0 saturated carbocycles. The Bertz CT molecular complexity index is 725. The molecule has 1 aromatic carbocycles. The average molecular weight is 302 g/mol. The topological polar surface area (TPSA) is 98.2 Å². The van der Waals surface area contributed by atoms with E-state index in [9.17, 15) is 8.42 Å². The molecule has 0 atom stereocenters. The molecule has 0 spiro atoms. The third-order valence-electron chi connectivity index (χ3n) is 2.65. The number of nitrogen functional groups attached to an aromatic ring is 1. The van der Waals surface area contributed by atoms with Crippen molar-refractivity contribution in [1.29, 1.82) is 0 Å². The van der Waals surface area contributed by atoms with Crippen LogP contribution in [0.15, 0.2) is 27.6 Å². The molecule has 0 unspecified atom stereocenters. The van der Waals surface area contributed by atoms with Gasteiger partial charge in [0.05, 0.1) is 11.4 Å². The summed E-state index contributed by atoms with van der Waals surface area (Å²) in [7, 11) is -3.84. The molecular weight excluding hydrogens is 290 g/mol. The molecular formula is C11H12ClN3O3S. The van der Waals surface area contributed by atoms with Crippen molar-refractivity contribution in [3.8, 4) is 0 Å². The Morgan fingerprint density at radius 2 is 2.05 bits per heavy atom. The molecule has 0 aliphatic rings. The Hall–Kier alpha value is -1.73. The van der Waals surface area contributed by atoms with Crippen molar-refractivity contribution in [2.75, 3.05) is 10.5 Å². The fraction of sp³-hybridized carbons (Fsp3) is 0.182. The number of halogens is 1. The van der Waals surface area contributed by atoms with E-state index < -0.39 is 10.0 Å². The predicted octanol–water partition coefficient (Wildman–Crippen LogP) is 2.33. The summed E-state index contributed by atoms with van der Waals surface area (Å²) in [6.07, 6.45) is 0. The minimum atomic E-state index is -3.84. The average Bonchev–Trinajstić information content (AvgIpc) is 2.60. The number of hydrogen-bond acceptors (Lipinski definition) is 5. The molecule has 6 nitrogen and oxygen atoms in total. The quantitative estimate of drug-likeness (QED) is 0.848. The fourth-order valence-electron chi connectivity index (χ4n) is 1.45. The van der Waals surface area contributed by atoms with Gasteiger partial charge in [0.15, 0.2) is 0 Å². The molecule has 2 rings (SSSR count). The Labute approximate surface area is 115 Å². The molecule has 8 heteroatoms. The molecule has 102 valence electrons. The van der Waals surface area contributed by atoms with E-state index in [4.69, 9.17) is 21.9 Å². The maximum atomic E-state index is 12.2. The van der Waals surface area contributed by atoms with Crippen LogP contribution in [0.1, 0.15) is 11.3 Å². The maximum absolute atomic E-state index is 12.2. The molecule has 0 fully saturated rings. The standard InChI is InChI=1S/C11H12ClN3O3S/c1-6-7(2)14-18-11(6)15-19(16,17)10-4-3-8(12)5-9(10)13/h3-5,15H,13H2,1-2H3. The summed E-state index contributed by atoms with van der Waals surface area (Å²) < 4.78 is 31.6. The van der Waals surface area contributed by atoms with Crippen LogP contribution in [0.5, 0.6) is 0 Å². The number of aryl methyl sites for hydroxylation is 1. The molecule has 3 N–H and O–H groups in total. The zero-order valence-electron chi connectivity index (χ0n) is 10.3. The molecule has 1 aromatic heterocycles. The Kier molecular flexibility index (Phi) is 3.42. The van der Waals surface area contributed by atoms with Gasteiger partial charge in [-0.3, -0.25) is 0 Å². The number of rotatable bonds is 3. The first-order valence-corrected chi connectivity index (χ1v) is 7.18. The number of nitrogens with one attached hydrogen (secondary N) is 1. The Morgan fingerprint density at radius 1 is 1.37 bits per heavy atom. The molecule has 1 heterocycles. The first kappa shape index (κ1) is 13.7. The maximum Gasteiger partial charge on any atom is 0.266 e. The van der Waals surface area contributed by atoms with E-state index in [0.29, 0.717) is 16.3 Å². The van der Waals surface area contributed by atoms with Gasteiger partial charge in [0.2, 0.25) is 5.88 Å². The molecule has 0 saturated heterocycles. The second kappa shape index (κ2) is 4.75. The number of aromatic nitrogens is 1. The van der Waals surface area contributed by atoms with Gasteiger partial charge < -0.3 is 10.3 Å². The van der Waals surface area contributed by atoms with E-state index in [-0.39, 0.29) is 16.5 Å². The van der Waals surface area contributed by atoms with Crippen LogP contribution < -0.4 is 10.5 Å². The smallest absolute Gasteiger partial charge is 0.266 e. The van der Waals surface area contributed by atoms with Gasteiger partial charge in [-0.1, -0.05) is 16.8 Å². The van der Waals surface area contributed by atoms with Crippen LogP contribution in [-0.4, -0.2) is 13.6 Å². The summed E-state index contributed by atoms with van der Waals surface area (Å²) in [5.41, 5.74) is 6.95. The minimum absolute atomic E-state index is 0.0638. The summed E-state index contributed by atoms with van der Waals surface area (Å²) in [6.45, 7) is 3.42. The van der Waals surface area contributed by atoms with E-state index in [2.05, 4.69) is 9.88 Å². The third-order valence-corrected chi connectivity index (χ3v) is 4.29. The van der Waals surface area contributed by atoms with Crippen molar-refractivity contribution in [2.45, 2.75) is 18.7 Å². The summed E-state index contributed by atoms with van der Waals surface area (Å²) in [5, 5.41) is 4.04. The first-order valence-electron chi connectivity index (χ1n) is 5.32. The Balaban J connectivity index is 2.41. The van der Waals surface area contributed by atoms with Crippen LogP contribution in [0.3, 0.4) is 0 Å².